The molecule has 0 atom stereocenters. The number of aromatic nitrogens is 1. The van der Waals surface area contributed by atoms with E-state index in [9.17, 15) is 4.79 Å². The zero-order valence-electron chi connectivity index (χ0n) is 12.0. The van der Waals surface area contributed by atoms with Gasteiger partial charge in [-0.25, -0.2) is 0 Å². The molecular formula is C17H19N3O. The molecule has 1 aromatic carbocycles. The summed E-state index contributed by atoms with van der Waals surface area (Å²) in [5.41, 5.74) is 3.46. The van der Waals surface area contributed by atoms with Gasteiger partial charge in [-0.1, -0.05) is 12.1 Å². The Morgan fingerprint density at radius 1 is 1.00 bits per heavy atom. The minimum atomic E-state index is 0.235. The normalized spacial score (nSPS) is 14.7. The first-order valence-electron chi connectivity index (χ1n) is 7.32. The van der Waals surface area contributed by atoms with Gasteiger partial charge in [0, 0.05) is 44.1 Å². The Labute approximate surface area is 124 Å². The summed E-state index contributed by atoms with van der Waals surface area (Å²) in [6, 6.07) is 12.3. The van der Waals surface area contributed by atoms with Crippen LogP contribution in [0.1, 0.15) is 24.0 Å². The Bertz CT molecular complexity index is 595. The Hall–Kier alpha value is -2.20. The average molecular weight is 281 g/mol. The van der Waals surface area contributed by atoms with Gasteiger partial charge in [-0.2, -0.15) is 0 Å². The van der Waals surface area contributed by atoms with Crippen molar-refractivity contribution in [3.8, 4) is 0 Å². The highest BCUT2D eigenvalue weighted by Gasteiger charge is 2.21. The van der Waals surface area contributed by atoms with E-state index >= 15 is 0 Å². The Kier molecular flexibility index (Phi) is 4.26. The number of nitrogens with zero attached hydrogens (tertiary/aromatic N) is 2. The van der Waals surface area contributed by atoms with Crippen molar-refractivity contribution in [1.82, 2.24) is 10.3 Å². The molecule has 1 aliphatic heterocycles. The van der Waals surface area contributed by atoms with Gasteiger partial charge in [0.2, 0.25) is 5.91 Å². The molecule has 1 aromatic heterocycles. The minimum absolute atomic E-state index is 0.235. The van der Waals surface area contributed by atoms with Gasteiger partial charge in [-0.05, 0) is 41.8 Å². The van der Waals surface area contributed by atoms with Crippen molar-refractivity contribution < 1.29 is 4.79 Å². The summed E-state index contributed by atoms with van der Waals surface area (Å²) in [5, 5.41) is 3.41. The summed E-state index contributed by atoms with van der Waals surface area (Å²) in [6.45, 7) is 2.49. The number of amides is 1. The number of carbonyl (C=O) groups is 1. The Morgan fingerprint density at radius 2 is 1.67 bits per heavy atom. The molecule has 0 radical (unpaired) electrons. The maximum absolute atomic E-state index is 11.7. The number of anilines is 1. The molecule has 108 valence electrons. The van der Waals surface area contributed by atoms with Crippen LogP contribution in [-0.2, 0) is 17.9 Å². The van der Waals surface area contributed by atoms with Crippen LogP contribution in [0.15, 0.2) is 48.8 Å². The number of benzene rings is 1. The van der Waals surface area contributed by atoms with Gasteiger partial charge in [-0.15, -0.1) is 0 Å². The number of hydrogen-bond acceptors (Lipinski definition) is 3. The highest BCUT2D eigenvalue weighted by Crippen LogP contribution is 2.21. The molecule has 1 saturated heterocycles. The first-order valence-corrected chi connectivity index (χ1v) is 7.32. The van der Waals surface area contributed by atoms with E-state index < -0.39 is 0 Å². The van der Waals surface area contributed by atoms with E-state index in [4.69, 9.17) is 0 Å². The summed E-state index contributed by atoms with van der Waals surface area (Å²) in [6.07, 6.45) is 5.25. The first-order chi connectivity index (χ1) is 10.3. The maximum atomic E-state index is 11.7. The summed E-state index contributed by atoms with van der Waals surface area (Å²) < 4.78 is 0. The van der Waals surface area contributed by atoms with Crippen molar-refractivity contribution in [2.24, 2.45) is 0 Å². The van der Waals surface area contributed by atoms with Crippen LogP contribution in [0.5, 0.6) is 0 Å². The minimum Gasteiger partial charge on any atom is -0.312 e. The van der Waals surface area contributed by atoms with Crippen molar-refractivity contribution in [2.45, 2.75) is 25.9 Å². The monoisotopic (exact) mass is 281 g/mol. The number of nitrogens with one attached hydrogen (secondary N) is 1. The summed E-state index contributed by atoms with van der Waals surface area (Å²) in [5.74, 6) is 0.235. The third-order valence-corrected chi connectivity index (χ3v) is 3.73. The molecule has 2 heterocycles. The maximum Gasteiger partial charge on any atom is 0.227 e. The van der Waals surface area contributed by atoms with Gasteiger partial charge in [0.25, 0.3) is 0 Å². The van der Waals surface area contributed by atoms with E-state index in [-0.39, 0.29) is 5.91 Å². The first kappa shape index (κ1) is 13.8. The smallest absolute Gasteiger partial charge is 0.227 e. The summed E-state index contributed by atoms with van der Waals surface area (Å²) in [4.78, 5) is 17.6. The third kappa shape index (κ3) is 3.47. The van der Waals surface area contributed by atoms with E-state index in [0.717, 1.165) is 31.7 Å². The fourth-order valence-electron chi connectivity index (χ4n) is 2.57. The van der Waals surface area contributed by atoms with Crippen LogP contribution in [0.3, 0.4) is 0 Å². The van der Waals surface area contributed by atoms with Crippen LogP contribution in [-0.4, -0.2) is 17.4 Å². The average Bonchev–Trinajstić information content (AvgIpc) is 2.95. The molecule has 1 N–H and O–H groups in total. The summed E-state index contributed by atoms with van der Waals surface area (Å²) in [7, 11) is 0. The van der Waals surface area contributed by atoms with Crippen LogP contribution < -0.4 is 10.2 Å². The lowest BCUT2D eigenvalue weighted by molar-refractivity contribution is -0.117. The number of pyridine rings is 1. The number of carbonyl (C=O) groups excluding carboxylic acids is 1. The molecule has 0 saturated carbocycles. The highest BCUT2D eigenvalue weighted by atomic mass is 16.2. The molecular weight excluding hydrogens is 262 g/mol. The van der Waals surface area contributed by atoms with Crippen molar-refractivity contribution in [3.63, 3.8) is 0 Å². The van der Waals surface area contributed by atoms with Crippen molar-refractivity contribution in [2.75, 3.05) is 11.4 Å². The van der Waals surface area contributed by atoms with Crippen LogP contribution in [0.25, 0.3) is 0 Å². The molecule has 21 heavy (non-hydrogen) atoms. The second-order valence-corrected chi connectivity index (χ2v) is 5.27. The largest absolute Gasteiger partial charge is 0.312 e. The molecule has 1 fully saturated rings. The van der Waals surface area contributed by atoms with E-state index in [1.54, 1.807) is 12.4 Å². The molecule has 0 spiro atoms. The molecule has 4 heteroatoms. The second kappa shape index (κ2) is 6.50. The molecule has 0 aliphatic carbocycles. The zero-order chi connectivity index (χ0) is 14.5. The molecule has 0 bridgehead atoms. The molecule has 3 rings (SSSR count). The summed E-state index contributed by atoms with van der Waals surface area (Å²) >= 11 is 0. The number of rotatable bonds is 5. The molecule has 2 aromatic rings. The van der Waals surface area contributed by atoms with E-state index in [1.165, 1.54) is 11.1 Å². The standard InChI is InChI=1S/C17H19N3O/c21-17-2-1-11-20(17)16-5-3-14(4-6-16)12-19-13-15-7-9-18-10-8-15/h3-10,19H,1-2,11-13H2. The van der Waals surface area contributed by atoms with E-state index in [2.05, 4.69) is 22.4 Å². The van der Waals surface area contributed by atoms with Crippen LogP contribution in [0, 0.1) is 0 Å². The van der Waals surface area contributed by atoms with Crippen molar-refractivity contribution in [3.05, 3.63) is 59.9 Å². The lowest BCUT2D eigenvalue weighted by Crippen LogP contribution is -2.23. The predicted molar refractivity (Wildman–Crippen MR) is 82.8 cm³/mol. The topological polar surface area (TPSA) is 45.2 Å². The number of hydrogen-bond donors (Lipinski definition) is 1. The second-order valence-electron chi connectivity index (χ2n) is 5.27. The quantitative estimate of drug-likeness (QED) is 0.916. The van der Waals surface area contributed by atoms with E-state index in [0.29, 0.717) is 6.42 Å². The van der Waals surface area contributed by atoms with E-state index in [1.807, 2.05) is 29.2 Å². The highest BCUT2D eigenvalue weighted by molar-refractivity contribution is 5.95. The van der Waals surface area contributed by atoms with Crippen LogP contribution >= 0.6 is 0 Å². The Morgan fingerprint density at radius 3 is 2.29 bits per heavy atom. The molecule has 1 aliphatic rings. The Balaban J connectivity index is 1.54. The fraction of sp³-hybridized carbons (Fsp3) is 0.294. The third-order valence-electron chi connectivity index (χ3n) is 3.73. The van der Waals surface area contributed by atoms with Gasteiger partial charge >= 0.3 is 0 Å². The zero-order valence-corrected chi connectivity index (χ0v) is 12.0. The molecule has 4 nitrogen and oxygen atoms in total. The lowest BCUT2D eigenvalue weighted by Gasteiger charge is -2.16. The van der Waals surface area contributed by atoms with Gasteiger partial charge in [0.1, 0.15) is 0 Å². The molecule has 1 amide bonds. The van der Waals surface area contributed by atoms with Crippen LogP contribution in [0.2, 0.25) is 0 Å². The van der Waals surface area contributed by atoms with Crippen molar-refractivity contribution >= 4 is 11.6 Å². The van der Waals surface area contributed by atoms with Crippen molar-refractivity contribution in [1.29, 1.82) is 0 Å². The van der Waals surface area contributed by atoms with Gasteiger partial charge in [0.05, 0.1) is 0 Å². The predicted octanol–water partition coefficient (Wildman–Crippen LogP) is 2.50. The van der Waals surface area contributed by atoms with Crippen LogP contribution in [0.4, 0.5) is 5.69 Å². The fourth-order valence-corrected chi connectivity index (χ4v) is 2.57. The van der Waals surface area contributed by atoms with Gasteiger partial charge < -0.3 is 10.2 Å². The van der Waals surface area contributed by atoms with Gasteiger partial charge in [-0.3, -0.25) is 9.78 Å². The lowest BCUT2D eigenvalue weighted by atomic mass is 10.2. The SMILES string of the molecule is O=C1CCCN1c1ccc(CNCc2ccncc2)cc1. The molecule has 0 unspecified atom stereocenters. The van der Waals surface area contributed by atoms with Gasteiger partial charge in [0.15, 0.2) is 0 Å².